The first-order valence-corrected chi connectivity index (χ1v) is 7.44. The highest BCUT2D eigenvalue weighted by molar-refractivity contribution is 7.91. The van der Waals surface area contributed by atoms with Gasteiger partial charge in [-0.05, 0) is 26.0 Å². The highest BCUT2D eigenvalue weighted by Crippen LogP contribution is 2.42. The zero-order valence-electron chi connectivity index (χ0n) is 10.3. The number of rotatable bonds is 1. The van der Waals surface area contributed by atoms with Crippen molar-refractivity contribution in [2.24, 2.45) is 0 Å². The predicted octanol–water partition coefficient (Wildman–Crippen LogP) is 2.04. The first-order chi connectivity index (χ1) is 8.43. The Labute approximate surface area is 106 Å². The number of benzene rings is 1. The van der Waals surface area contributed by atoms with E-state index in [0.29, 0.717) is 0 Å². The van der Waals surface area contributed by atoms with E-state index in [4.69, 9.17) is 0 Å². The van der Waals surface area contributed by atoms with E-state index in [-0.39, 0.29) is 5.75 Å². The van der Waals surface area contributed by atoms with Gasteiger partial charge < -0.3 is 0 Å². The maximum Gasteiger partial charge on any atom is 0.165 e. The first-order valence-electron chi connectivity index (χ1n) is 5.78. The molecule has 1 aromatic heterocycles. The summed E-state index contributed by atoms with van der Waals surface area (Å²) in [5, 5.41) is 4.32. The van der Waals surface area contributed by atoms with Crippen LogP contribution in [0.2, 0.25) is 0 Å². The summed E-state index contributed by atoms with van der Waals surface area (Å²) in [6.07, 6.45) is 1.66. The summed E-state index contributed by atoms with van der Waals surface area (Å²) in [5.41, 5.74) is 2.49. The van der Waals surface area contributed by atoms with Crippen molar-refractivity contribution in [1.29, 1.82) is 0 Å². The van der Waals surface area contributed by atoms with Gasteiger partial charge in [-0.3, -0.25) is 0 Å². The molecule has 0 radical (unpaired) electrons. The Morgan fingerprint density at radius 3 is 2.56 bits per heavy atom. The largest absolute Gasteiger partial charge is 0.236 e. The molecule has 94 valence electrons. The van der Waals surface area contributed by atoms with E-state index < -0.39 is 14.6 Å². The molecule has 1 aromatic carbocycles. The lowest BCUT2D eigenvalue weighted by atomic mass is 10.1. The molecule has 4 nitrogen and oxygen atoms in total. The van der Waals surface area contributed by atoms with Crippen molar-refractivity contribution in [1.82, 2.24) is 9.78 Å². The van der Waals surface area contributed by atoms with Crippen molar-refractivity contribution in [2.75, 3.05) is 0 Å². The molecule has 0 spiro atoms. The standard InChI is InChI=1S/C13H14N2O2S/c1-13(2)12-10(9-18(13,16)17)8-14-15(12)11-6-4-3-5-7-11/h3-8H,9H2,1-2H3. The summed E-state index contributed by atoms with van der Waals surface area (Å²) in [7, 11) is -3.13. The Hall–Kier alpha value is -1.62. The van der Waals surface area contributed by atoms with Crippen LogP contribution in [-0.2, 0) is 20.3 Å². The van der Waals surface area contributed by atoms with Gasteiger partial charge in [-0.2, -0.15) is 5.10 Å². The third kappa shape index (κ3) is 1.37. The van der Waals surface area contributed by atoms with Crippen LogP contribution in [0.25, 0.3) is 5.69 Å². The van der Waals surface area contributed by atoms with Crippen LogP contribution in [0.4, 0.5) is 0 Å². The van der Waals surface area contributed by atoms with E-state index in [0.717, 1.165) is 16.9 Å². The number of sulfone groups is 1. The number of aromatic nitrogens is 2. The van der Waals surface area contributed by atoms with Gasteiger partial charge in [0.1, 0.15) is 4.75 Å². The normalized spacial score (nSPS) is 19.7. The molecule has 3 rings (SSSR count). The van der Waals surface area contributed by atoms with Crippen LogP contribution in [0.1, 0.15) is 25.1 Å². The Balaban J connectivity index is 2.26. The predicted molar refractivity (Wildman–Crippen MR) is 69.2 cm³/mol. The first kappa shape index (κ1) is 11.5. The van der Waals surface area contributed by atoms with Gasteiger partial charge in [0.15, 0.2) is 9.84 Å². The van der Waals surface area contributed by atoms with Crippen molar-refractivity contribution in [2.45, 2.75) is 24.3 Å². The minimum absolute atomic E-state index is 0.0855. The lowest BCUT2D eigenvalue weighted by Crippen LogP contribution is -2.27. The zero-order valence-corrected chi connectivity index (χ0v) is 11.1. The summed E-state index contributed by atoms with van der Waals surface area (Å²) in [6.45, 7) is 3.49. The smallest absolute Gasteiger partial charge is 0.165 e. The fourth-order valence-corrected chi connectivity index (χ4v) is 3.92. The summed E-state index contributed by atoms with van der Waals surface area (Å²) in [6, 6.07) is 9.61. The molecule has 5 heteroatoms. The van der Waals surface area contributed by atoms with Gasteiger partial charge >= 0.3 is 0 Å². The number of fused-ring (bicyclic) bond motifs is 1. The quantitative estimate of drug-likeness (QED) is 0.790. The van der Waals surface area contributed by atoms with Gasteiger partial charge in [-0.25, -0.2) is 13.1 Å². The Bertz CT molecular complexity index is 700. The highest BCUT2D eigenvalue weighted by Gasteiger charge is 2.47. The average Bonchev–Trinajstić information content (AvgIpc) is 2.79. The van der Waals surface area contributed by atoms with Crippen LogP contribution in [0.5, 0.6) is 0 Å². The molecule has 2 heterocycles. The molecule has 0 atom stereocenters. The molecule has 0 N–H and O–H groups in total. The molecule has 1 aliphatic rings. The van der Waals surface area contributed by atoms with Gasteiger partial charge in [0.05, 0.1) is 23.3 Å². The summed E-state index contributed by atoms with van der Waals surface area (Å²) >= 11 is 0. The Morgan fingerprint density at radius 1 is 1.22 bits per heavy atom. The number of para-hydroxylation sites is 1. The van der Waals surface area contributed by atoms with Crippen LogP contribution in [0, 0.1) is 0 Å². The zero-order chi connectivity index (χ0) is 13.0. The van der Waals surface area contributed by atoms with Crippen LogP contribution in [-0.4, -0.2) is 18.2 Å². The maximum atomic E-state index is 12.1. The third-order valence-corrected chi connectivity index (χ3v) is 5.98. The molecule has 0 saturated heterocycles. The average molecular weight is 262 g/mol. The van der Waals surface area contributed by atoms with Crippen LogP contribution in [0.3, 0.4) is 0 Å². The summed E-state index contributed by atoms with van der Waals surface area (Å²) in [4.78, 5) is 0. The highest BCUT2D eigenvalue weighted by atomic mass is 32.2. The molecule has 2 aromatic rings. The Morgan fingerprint density at radius 2 is 1.89 bits per heavy atom. The van der Waals surface area contributed by atoms with Crippen molar-refractivity contribution in [3.63, 3.8) is 0 Å². The van der Waals surface area contributed by atoms with Gasteiger partial charge in [0, 0.05) is 5.56 Å². The maximum absolute atomic E-state index is 12.1. The van der Waals surface area contributed by atoms with Crippen molar-refractivity contribution < 1.29 is 8.42 Å². The lowest BCUT2D eigenvalue weighted by molar-refractivity contribution is 0.552. The second-order valence-corrected chi connectivity index (χ2v) is 7.57. The van der Waals surface area contributed by atoms with Gasteiger partial charge in [0.25, 0.3) is 0 Å². The van der Waals surface area contributed by atoms with E-state index in [1.165, 1.54) is 0 Å². The van der Waals surface area contributed by atoms with Gasteiger partial charge in [-0.15, -0.1) is 0 Å². The summed E-state index contributed by atoms with van der Waals surface area (Å²) in [5.74, 6) is 0.0855. The molecule has 1 aliphatic heterocycles. The molecule has 0 aliphatic carbocycles. The van der Waals surface area contributed by atoms with Crippen LogP contribution >= 0.6 is 0 Å². The van der Waals surface area contributed by atoms with Crippen molar-refractivity contribution in [3.05, 3.63) is 47.8 Å². The summed E-state index contributed by atoms with van der Waals surface area (Å²) < 4.78 is 25.1. The molecule has 0 bridgehead atoms. The number of hydrogen-bond donors (Lipinski definition) is 0. The molecular weight excluding hydrogens is 248 g/mol. The van der Waals surface area contributed by atoms with Crippen molar-refractivity contribution in [3.8, 4) is 5.69 Å². The minimum atomic E-state index is -3.13. The molecule has 0 amide bonds. The molecule has 0 fully saturated rings. The van der Waals surface area contributed by atoms with E-state index in [1.807, 2.05) is 30.3 Å². The SMILES string of the molecule is CC1(C)c2c(cnn2-c2ccccc2)CS1(=O)=O. The molecule has 0 unspecified atom stereocenters. The fourth-order valence-electron chi connectivity index (χ4n) is 2.43. The fraction of sp³-hybridized carbons (Fsp3) is 0.308. The molecular formula is C13H14N2O2S. The van der Waals surface area contributed by atoms with Gasteiger partial charge in [0.2, 0.25) is 0 Å². The number of hydrogen-bond acceptors (Lipinski definition) is 3. The third-order valence-electron chi connectivity index (χ3n) is 3.54. The van der Waals surface area contributed by atoms with E-state index in [1.54, 1.807) is 24.7 Å². The van der Waals surface area contributed by atoms with Crippen LogP contribution < -0.4 is 0 Å². The number of nitrogens with zero attached hydrogens (tertiary/aromatic N) is 2. The van der Waals surface area contributed by atoms with Gasteiger partial charge in [-0.1, -0.05) is 18.2 Å². The van der Waals surface area contributed by atoms with Crippen LogP contribution in [0.15, 0.2) is 36.5 Å². The second-order valence-electron chi connectivity index (χ2n) is 5.04. The topological polar surface area (TPSA) is 52.0 Å². The van der Waals surface area contributed by atoms with Crippen molar-refractivity contribution >= 4 is 9.84 Å². The van der Waals surface area contributed by atoms with E-state index in [2.05, 4.69) is 5.10 Å². The van der Waals surface area contributed by atoms with E-state index >= 15 is 0 Å². The molecule has 18 heavy (non-hydrogen) atoms. The van der Waals surface area contributed by atoms with E-state index in [9.17, 15) is 8.42 Å². The molecule has 0 saturated carbocycles. The lowest BCUT2D eigenvalue weighted by Gasteiger charge is -2.20. The second kappa shape index (κ2) is 3.45. The minimum Gasteiger partial charge on any atom is -0.236 e. The Kier molecular flexibility index (Phi) is 2.20. The monoisotopic (exact) mass is 262 g/mol.